The van der Waals surface area contributed by atoms with Crippen LogP contribution in [0.4, 0.5) is 0 Å². The summed E-state index contributed by atoms with van der Waals surface area (Å²) in [5.74, 6) is 1.66. The van der Waals surface area contributed by atoms with E-state index in [2.05, 4.69) is 24.1 Å². The number of rotatable bonds is 2. The molecule has 3 nitrogen and oxygen atoms in total. The molecule has 1 aliphatic rings. The molecule has 0 amide bonds. The topological polar surface area (TPSA) is 40.7 Å². The number of nitrogens with zero attached hydrogens (tertiary/aromatic N) is 1. The third-order valence-electron chi connectivity index (χ3n) is 4.39. The Bertz CT molecular complexity index is 582. The highest BCUT2D eigenvalue weighted by Crippen LogP contribution is 2.35. The van der Waals surface area contributed by atoms with E-state index >= 15 is 0 Å². The maximum atomic E-state index is 6.21. The third kappa shape index (κ3) is 2.26. The fraction of sp³-hybridized carbons (Fsp3) is 0.533. The third-order valence-corrected chi connectivity index (χ3v) is 4.70. The molecule has 1 unspecified atom stereocenters. The number of aromatic amines is 1. The lowest BCUT2D eigenvalue weighted by molar-refractivity contribution is 0.243. The molecule has 1 atom stereocenters. The standard InChI is InChI=1S/C15H20ClN3/c1-15(2,10-5-4-8-17-9-10)14-18-12-7-3-6-11(16)13(12)19-14/h3,6-7,10,17H,4-5,8-9H2,1-2H3,(H,18,19). The highest BCUT2D eigenvalue weighted by atomic mass is 35.5. The predicted octanol–water partition coefficient (Wildman–Crippen LogP) is 3.49. The molecule has 1 saturated heterocycles. The minimum atomic E-state index is 0.0375. The second-order valence-electron chi connectivity index (χ2n) is 5.99. The molecule has 1 aromatic heterocycles. The van der Waals surface area contributed by atoms with Crippen molar-refractivity contribution in [3.63, 3.8) is 0 Å². The quantitative estimate of drug-likeness (QED) is 0.882. The van der Waals surface area contributed by atoms with Gasteiger partial charge in [0, 0.05) is 5.41 Å². The summed E-state index contributed by atoms with van der Waals surface area (Å²) in [5, 5.41) is 4.21. The van der Waals surface area contributed by atoms with Crippen LogP contribution in [0.3, 0.4) is 0 Å². The summed E-state index contributed by atoms with van der Waals surface area (Å²) >= 11 is 6.21. The molecule has 2 aromatic rings. The number of hydrogen-bond donors (Lipinski definition) is 2. The minimum Gasteiger partial charge on any atom is -0.341 e. The van der Waals surface area contributed by atoms with Crippen LogP contribution in [-0.4, -0.2) is 23.1 Å². The summed E-state index contributed by atoms with van der Waals surface area (Å²) in [6, 6.07) is 5.89. The van der Waals surface area contributed by atoms with E-state index < -0.39 is 0 Å². The van der Waals surface area contributed by atoms with Gasteiger partial charge in [-0.25, -0.2) is 4.98 Å². The smallest absolute Gasteiger partial charge is 0.113 e. The lowest BCUT2D eigenvalue weighted by Gasteiger charge is -2.35. The molecule has 0 saturated carbocycles. The van der Waals surface area contributed by atoms with Crippen molar-refractivity contribution >= 4 is 22.6 Å². The Morgan fingerprint density at radius 3 is 2.89 bits per heavy atom. The van der Waals surface area contributed by atoms with Crippen molar-refractivity contribution in [2.24, 2.45) is 5.92 Å². The second kappa shape index (κ2) is 4.80. The average molecular weight is 278 g/mol. The van der Waals surface area contributed by atoms with Crippen molar-refractivity contribution in [3.8, 4) is 0 Å². The van der Waals surface area contributed by atoms with Gasteiger partial charge >= 0.3 is 0 Å². The first-order valence-corrected chi connectivity index (χ1v) is 7.32. The SMILES string of the molecule is CC(C)(c1nc2c(Cl)cccc2[nH]1)C1CCCNC1. The number of piperidine rings is 1. The molecule has 0 bridgehead atoms. The molecule has 19 heavy (non-hydrogen) atoms. The fourth-order valence-corrected chi connectivity index (χ4v) is 3.18. The summed E-state index contributed by atoms with van der Waals surface area (Å²) in [7, 11) is 0. The number of fused-ring (bicyclic) bond motifs is 1. The zero-order valence-corrected chi connectivity index (χ0v) is 12.2. The van der Waals surface area contributed by atoms with Gasteiger partial charge in [-0.05, 0) is 44.0 Å². The second-order valence-corrected chi connectivity index (χ2v) is 6.39. The maximum Gasteiger partial charge on any atom is 0.113 e. The van der Waals surface area contributed by atoms with Gasteiger partial charge in [0.15, 0.2) is 0 Å². The monoisotopic (exact) mass is 277 g/mol. The summed E-state index contributed by atoms with van der Waals surface area (Å²) < 4.78 is 0. The van der Waals surface area contributed by atoms with Crippen molar-refractivity contribution in [1.29, 1.82) is 0 Å². The van der Waals surface area contributed by atoms with Gasteiger partial charge in [-0.2, -0.15) is 0 Å². The largest absolute Gasteiger partial charge is 0.341 e. The van der Waals surface area contributed by atoms with Gasteiger partial charge in [-0.15, -0.1) is 0 Å². The number of H-pyrrole nitrogens is 1. The molecule has 0 aliphatic carbocycles. The molecular weight excluding hydrogens is 258 g/mol. The van der Waals surface area contributed by atoms with Crippen LogP contribution in [0.25, 0.3) is 11.0 Å². The molecule has 2 N–H and O–H groups in total. The van der Waals surface area contributed by atoms with E-state index in [1.165, 1.54) is 12.8 Å². The number of halogens is 1. The van der Waals surface area contributed by atoms with Gasteiger partial charge in [-0.3, -0.25) is 0 Å². The van der Waals surface area contributed by atoms with E-state index in [1.54, 1.807) is 0 Å². The van der Waals surface area contributed by atoms with E-state index in [-0.39, 0.29) is 5.41 Å². The molecule has 0 spiro atoms. The summed E-state index contributed by atoms with van der Waals surface area (Å²) in [6.45, 7) is 6.75. The van der Waals surface area contributed by atoms with Gasteiger partial charge in [0.1, 0.15) is 11.3 Å². The lowest BCUT2D eigenvalue weighted by Crippen LogP contribution is -2.41. The highest BCUT2D eigenvalue weighted by Gasteiger charge is 2.34. The van der Waals surface area contributed by atoms with E-state index in [0.717, 1.165) is 35.0 Å². The zero-order chi connectivity index (χ0) is 13.5. The number of imidazole rings is 1. The first-order valence-electron chi connectivity index (χ1n) is 6.94. The zero-order valence-electron chi connectivity index (χ0n) is 11.5. The predicted molar refractivity (Wildman–Crippen MR) is 79.7 cm³/mol. The normalized spacial score (nSPS) is 20.9. The van der Waals surface area contributed by atoms with E-state index in [0.29, 0.717) is 5.92 Å². The van der Waals surface area contributed by atoms with Crippen LogP contribution in [0.5, 0.6) is 0 Å². The first kappa shape index (κ1) is 12.9. The summed E-state index contributed by atoms with van der Waals surface area (Å²) in [6.07, 6.45) is 2.50. The fourth-order valence-electron chi connectivity index (χ4n) is 2.96. The molecule has 1 aromatic carbocycles. The van der Waals surface area contributed by atoms with Crippen LogP contribution in [-0.2, 0) is 5.41 Å². The van der Waals surface area contributed by atoms with E-state index in [4.69, 9.17) is 16.6 Å². The number of para-hydroxylation sites is 1. The van der Waals surface area contributed by atoms with Gasteiger partial charge in [-0.1, -0.05) is 31.5 Å². The summed E-state index contributed by atoms with van der Waals surface area (Å²) in [4.78, 5) is 8.19. The Labute approximate surface area is 118 Å². The first-order chi connectivity index (χ1) is 9.09. The van der Waals surface area contributed by atoms with Crippen molar-refractivity contribution in [3.05, 3.63) is 29.0 Å². The molecular formula is C15H20ClN3. The lowest BCUT2D eigenvalue weighted by atomic mass is 9.74. The maximum absolute atomic E-state index is 6.21. The molecule has 3 rings (SSSR count). The van der Waals surface area contributed by atoms with E-state index in [9.17, 15) is 0 Å². The Balaban J connectivity index is 2.00. The van der Waals surface area contributed by atoms with Gasteiger partial charge in [0.05, 0.1) is 10.5 Å². The number of aromatic nitrogens is 2. The van der Waals surface area contributed by atoms with Gasteiger partial charge in [0.2, 0.25) is 0 Å². The number of benzene rings is 1. The number of nitrogens with one attached hydrogen (secondary N) is 2. The van der Waals surface area contributed by atoms with Crippen LogP contribution >= 0.6 is 11.6 Å². The Morgan fingerprint density at radius 2 is 2.21 bits per heavy atom. The Hall–Kier alpha value is -1.06. The molecule has 4 heteroatoms. The van der Waals surface area contributed by atoms with E-state index in [1.807, 2.05) is 18.2 Å². The molecule has 102 valence electrons. The molecule has 2 heterocycles. The number of hydrogen-bond acceptors (Lipinski definition) is 2. The van der Waals surface area contributed by atoms with Crippen LogP contribution in [0.15, 0.2) is 18.2 Å². The Morgan fingerprint density at radius 1 is 1.37 bits per heavy atom. The van der Waals surface area contributed by atoms with Crippen LogP contribution < -0.4 is 5.32 Å². The van der Waals surface area contributed by atoms with Gasteiger partial charge in [0.25, 0.3) is 0 Å². The van der Waals surface area contributed by atoms with Crippen molar-refractivity contribution in [2.75, 3.05) is 13.1 Å². The molecule has 0 radical (unpaired) electrons. The van der Waals surface area contributed by atoms with Gasteiger partial charge < -0.3 is 10.3 Å². The van der Waals surface area contributed by atoms with Crippen molar-refractivity contribution < 1.29 is 0 Å². The molecule has 1 fully saturated rings. The highest BCUT2D eigenvalue weighted by molar-refractivity contribution is 6.34. The van der Waals surface area contributed by atoms with Crippen molar-refractivity contribution in [1.82, 2.24) is 15.3 Å². The minimum absolute atomic E-state index is 0.0375. The van der Waals surface area contributed by atoms with Crippen molar-refractivity contribution in [2.45, 2.75) is 32.1 Å². The van der Waals surface area contributed by atoms with Crippen LogP contribution in [0.2, 0.25) is 5.02 Å². The van der Waals surface area contributed by atoms with Crippen LogP contribution in [0.1, 0.15) is 32.5 Å². The Kier molecular flexibility index (Phi) is 3.27. The summed E-state index contributed by atoms with van der Waals surface area (Å²) in [5.41, 5.74) is 1.95. The average Bonchev–Trinajstić information content (AvgIpc) is 2.86. The molecule has 1 aliphatic heterocycles. The van der Waals surface area contributed by atoms with Crippen LogP contribution in [0, 0.1) is 5.92 Å².